The molecule has 1 aliphatic carbocycles. The Morgan fingerprint density at radius 2 is 2.22 bits per heavy atom. The first-order chi connectivity index (χ1) is 8.50. The molecular weight excluding hydrogens is 298 g/mol. The highest BCUT2D eigenvalue weighted by molar-refractivity contribution is 9.10. The normalized spacial score (nSPS) is 17.9. The van der Waals surface area contributed by atoms with Crippen LogP contribution in [-0.4, -0.2) is 28.4 Å². The smallest absolute Gasteiger partial charge is 0.334 e. The van der Waals surface area contributed by atoms with Crippen LogP contribution in [-0.2, 0) is 15.1 Å². The van der Waals surface area contributed by atoms with Crippen molar-refractivity contribution in [1.29, 1.82) is 0 Å². The van der Waals surface area contributed by atoms with E-state index in [1.807, 2.05) is 6.07 Å². The molecule has 0 heterocycles. The number of benzene rings is 1. The summed E-state index contributed by atoms with van der Waals surface area (Å²) in [6.07, 6.45) is 2.39. The molecule has 0 spiro atoms. The van der Waals surface area contributed by atoms with Gasteiger partial charge in [-0.2, -0.15) is 0 Å². The first-order valence-corrected chi connectivity index (χ1v) is 6.52. The Bertz CT molecular complexity index is 487. The van der Waals surface area contributed by atoms with E-state index in [0.29, 0.717) is 12.0 Å². The Hall–Kier alpha value is -1.36. The molecule has 1 aromatic rings. The van der Waals surface area contributed by atoms with Crippen LogP contribution in [0.2, 0.25) is 0 Å². The minimum atomic E-state index is -1.31. The van der Waals surface area contributed by atoms with Crippen molar-refractivity contribution in [1.82, 2.24) is 4.90 Å². The van der Waals surface area contributed by atoms with Gasteiger partial charge >= 0.3 is 5.97 Å². The Balaban J connectivity index is 2.49. The molecule has 1 N–H and O–H groups in total. The minimum absolute atomic E-state index is 0.0441. The molecule has 1 atom stereocenters. The van der Waals surface area contributed by atoms with Crippen LogP contribution in [0.4, 0.5) is 0 Å². The van der Waals surface area contributed by atoms with Crippen molar-refractivity contribution < 1.29 is 14.7 Å². The fraction of sp³-hybridized carbons (Fsp3) is 0.385. The number of hydrogen-bond acceptors (Lipinski definition) is 2. The zero-order chi connectivity index (χ0) is 13.3. The fourth-order valence-corrected chi connectivity index (χ4v) is 2.48. The summed E-state index contributed by atoms with van der Waals surface area (Å²) in [6, 6.07) is 7.12. The lowest BCUT2D eigenvalue weighted by Gasteiger charge is -2.36. The molecule has 0 bridgehead atoms. The second kappa shape index (κ2) is 4.72. The molecule has 2 rings (SSSR count). The summed E-state index contributed by atoms with van der Waals surface area (Å²) in [4.78, 5) is 24.3. The molecule has 1 saturated carbocycles. The quantitative estimate of drug-likeness (QED) is 0.849. The highest BCUT2D eigenvalue weighted by Crippen LogP contribution is 2.38. The SMILES string of the molecule is CC(C(=O)O)(c1cccc(Br)c1)N(C=O)C1CC1. The average Bonchev–Trinajstić information content (AvgIpc) is 3.13. The van der Waals surface area contributed by atoms with Crippen LogP contribution in [0, 0.1) is 0 Å². The summed E-state index contributed by atoms with van der Waals surface area (Å²) >= 11 is 3.33. The third-order valence-electron chi connectivity index (χ3n) is 3.37. The Morgan fingerprint density at radius 3 is 2.67 bits per heavy atom. The average molecular weight is 312 g/mol. The topological polar surface area (TPSA) is 57.6 Å². The molecule has 1 amide bonds. The van der Waals surface area contributed by atoms with E-state index in [0.717, 1.165) is 17.3 Å². The number of aliphatic carboxylic acids is 1. The molecule has 4 nitrogen and oxygen atoms in total. The van der Waals surface area contributed by atoms with Gasteiger partial charge in [-0.25, -0.2) is 4.79 Å². The standard InChI is InChI=1S/C13H14BrNO3/c1-13(12(17)18,15(8-16)11-5-6-11)9-3-2-4-10(14)7-9/h2-4,7-8,11H,5-6H2,1H3,(H,17,18). The highest BCUT2D eigenvalue weighted by atomic mass is 79.9. The predicted octanol–water partition coefficient (Wildman–Crippen LogP) is 2.37. The molecular formula is C13H14BrNO3. The van der Waals surface area contributed by atoms with Crippen LogP contribution in [0.3, 0.4) is 0 Å². The maximum Gasteiger partial charge on any atom is 0.334 e. The third kappa shape index (κ3) is 2.14. The first-order valence-electron chi connectivity index (χ1n) is 5.73. The number of carboxylic acid groups (broad SMARTS) is 1. The van der Waals surface area contributed by atoms with Gasteiger partial charge in [0.15, 0.2) is 5.54 Å². The molecule has 18 heavy (non-hydrogen) atoms. The summed E-state index contributed by atoms with van der Waals surface area (Å²) in [5.74, 6) is -1.01. The molecule has 0 aromatic heterocycles. The number of rotatable bonds is 5. The van der Waals surface area contributed by atoms with Crippen LogP contribution in [0.5, 0.6) is 0 Å². The molecule has 5 heteroatoms. The number of carbonyl (C=O) groups excluding carboxylic acids is 1. The van der Waals surface area contributed by atoms with Crippen molar-refractivity contribution in [3.8, 4) is 0 Å². The number of halogens is 1. The van der Waals surface area contributed by atoms with Crippen molar-refractivity contribution in [3.05, 3.63) is 34.3 Å². The number of nitrogens with zero attached hydrogens (tertiary/aromatic N) is 1. The second-order valence-corrected chi connectivity index (χ2v) is 5.55. The van der Waals surface area contributed by atoms with E-state index < -0.39 is 11.5 Å². The highest BCUT2D eigenvalue weighted by Gasteiger charge is 2.47. The molecule has 0 aliphatic heterocycles. The third-order valence-corrected chi connectivity index (χ3v) is 3.87. The minimum Gasteiger partial charge on any atom is -0.479 e. The van der Waals surface area contributed by atoms with Gasteiger partial charge < -0.3 is 10.0 Å². The van der Waals surface area contributed by atoms with Crippen molar-refractivity contribution in [2.24, 2.45) is 0 Å². The van der Waals surface area contributed by atoms with Gasteiger partial charge in [0.2, 0.25) is 6.41 Å². The van der Waals surface area contributed by atoms with Crippen molar-refractivity contribution >= 4 is 28.3 Å². The fourth-order valence-electron chi connectivity index (χ4n) is 2.08. The van der Waals surface area contributed by atoms with E-state index in [4.69, 9.17) is 0 Å². The Kier molecular flexibility index (Phi) is 3.43. The summed E-state index contributed by atoms with van der Waals surface area (Å²) in [7, 11) is 0. The van der Waals surface area contributed by atoms with Gasteiger partial charge in [-0.3, -0.25) is 4.79 Å². The summed E-state index contributed by atoms with van der Waals surface area (Å²) in [5.41, 5.74) is -0.712. The maximum absolute atomic E-state index is 11.6. The van der Waals surface area contributed by atoms with Gasteiger partial charge in [-0.15, -0.1) is 0 Å². The van der Waals surface area contributed by atoms with Gasteiger partial charge in [-0.1, -0.05) is 28.1 Å². The van der Waals surface area contributed by atoms with E-state index in [9.17, 15) is 14.7 Å². The van der Waals surface area contributed by atoms with Crippen LogP contribution in [0.15, 0.2) is 28.7 Å². The number of hydrogen-bond donors (Lipinski definition) is 1. The summed E-state index contributed by atoms with van der Waals surface area (Å²) in [5, 5.41) is 9.54. The zero-order valence-electron chi connectivity index (χ0n) is 9.97. The Morgan fingerprint density at radius 1 is 1.56 bits per heavy atom. The Labute approximate surface area is 114 Å². The lowest BCUT2D eigenvalue weighted by atomic mass is 9.90. The maximum atomic E-state index is 11.6. The van der Waals surface area contributed by atoms with Gasteiger partial charge in [0.1, 0.15) is 0 Å². The van der Waals surface area contributed by atoms with Gasteiger partial charge in [0.05, 0.1) is 0 Å². The molecule has 1 unspecified atom stereocenters. The van der Waals surface area contributed by atoms with Crippen LogP contribution < -0.4 is 0 Å². The monoisotopic (exact) mass is 311 g/mol. The number of amides is 1. The number of carbonyl (C=O) groups is 2. The molecule has 0 radical (unpaired) electrons. The van der Waals surface area contributed by atoms with Crippen LogP contribution in [0.1, 0.15) is 25.3 Å². The largest absolute Gasteiger partial charge is 0.479 e. The van der Waals surface area contributed by atoms with Crippen LogP contribution in [0.25, 0.3) is 0 Å². The van der Waals surface area contributed by atoms with Crippen molar-refractivity contribution in [2.45, 2.75) is 31.3 Å². The molecule has 1 aromatic carbocycles. The summed E-state index contributed by atoms with van der Waals surface area (Å²) < 4.78 is 0.800. The molecule has 0 saturated heterocycles. The van der Waals surface area contributed by atoms with E-state index in [1.165, 1.54) is 4.90 Å². The lowest BCUT2D eigenvalue weighted by molar-refractivity contribution is -0.155. The van der Waals surface area contributed by atoms with Crippen LogP contribution >= 0.6 is 15.9 Å². The van der Waals surface area contributed by atoms with E-state index in [2.05, 4.69) is 15.9 Å². The van der Waals surface area contributed by atoms with E-state index in [-0.39, 0.29) is 6.04 Å². The van der Waals surface area contributed by atoms with Gasteiger partial charge in [0.25, 0.3) is 0 Å². The second-order valence-electron chi connectivity index (χ2n) is 4.63. The molecule has 96 valence electrons. The van der Waals surface area contributed by atoms with E-state index in [1.54, 1.807) is 25.1 Å². The predicted molar refractivity (Wildman–Crippen MR) is 70.1 cm³/mol. The van der Waals surface area contributed by atoms with E-state index >= 15 is 0 Å². The molecule has 1 aliphatic rings. The van der Waals surface area contributed by atoms with Crippen molar-refractivity contribution in [3.63, 3.8) is 0 Å². The zero-order valence-corrected chi connectivity index (χ0v) is 11.6. The molecule has 1 fully saturated rings. The number of carboxylic acids is 1. The van der Waals surface area contributed by atoms with Gasteiger partial charge in [-0.05, 0) is 37.5 Å². The first kappa shape index (κ1) is 13.1. The summed E-state index contributed by atoms with van der Waals surface area (Å²) in [6.45, 7) is 1.57. The van der Waals surface area contributed by atoms with Gasteiger partial charge in [0, 0.05) is 10.5 Å². The van der Waals surface area contributed by atoms with Crippen molar-refractivity contribution in [2.75, 3.05) is 0 Å². The lowest BCUT2D eigenvalue weighted by Crippen LogP contribution is -2.50.